The van der Waals surface area contributed by atoms with Crippen LogP contribution in [0.15, 0.2) is 53.7 Å². The van der Waals surface area contributed by atoms with Gasteiger partial charge in [-0.05, 0) is 29.8 Å². The molecule has 2 heterocycles. The zero-order valence-electron chi connectivity index (χ0n) is 18.5. The van der Waals surface area contributed by atoms with Crippen LogP contribution in [0.2, 0.25) is 0 Å². The summed E-state index contributed by atoms with van der Waals surface area (Å²) in [6.45, 7) is 0. The fraction of sp³-hybridized carbons (Fsp3) is 0.182. The van der Waals surface area contributed by atoms with Gasteiger partial charge in [0, 0.05) is 36.4 Å². The third-order valence-corrected chi connectivity index (χ3v) is 6.35. The molecule has 0 unspecified atom stereocenters. The second-order valence-electron chi connectivity index (χ2n) is 7.70. The van der Waals surface area contributed by atoms with Crippen molar-refractivity contribution in [1.29, 1.82) is 0 Å². The Morgan fingerprint density at radius 1 is 1.20 bits per heavy atom. The molecule has 2 N–H and O–H groups in total. The SMILES string of the molecule is CN(c1ccccc1C=Nc1nc(Nc2ccc3c(c2)CC(=O)N3)ncc1C(F)(F)F)S(C)(=O)=O. The summed E-state index contributed by atoms with van der Waals surface area (Å²) in [6.07, 6.45) is -1.83. The maximum Gasteiger partial charge on any atom is 0.421 e. The van der Waals surface area contributed by atoms with Gasteiger partial charge in [0.25, 0.3) is 0 Å². The van der Waals surface area contributed by atoms with E-state index < -0.39 is 27.6 Å². The van der Waals surface area contributed by atoms with E-state index >= 15 is 0 Å². The molecule has 0 bridgehead atoms. The van der Waals surface area contributed by atoms with Crippen molar-refractivity contribution in [2.24, 2.45) is 4.99 Å². The molecule has 0 spiro atoms. The summed E-state index contributed by atoms with van der Waals surface area (Å²) in [6, 6.07) is 11.2. The van der Waals surface area contributed by atoms with Gasteiger partial charge in [-0.2, -0.15) is 18.2 Å². The summed E-state index contributed by atoms with van der Waals surface area (Å²) in [4.78, 5) is 23.1. The highest BCUT2D eigenvalue weighted by molar-refractivity contribution is 7.92. The molecule has 1 aliphatic rings. The van der Waals surface area contributed by atoms with E-state index in [0.717, 1.165) is 22.3 Å². The average molecular weight is 504 g/mol. The molecule has 2 aromatic carbocycles. The highest BCUT2D eigenvalue weighted by Crippen LogP contribution is 2.36. The zero-order chi connectivity index (χ0) is 25.4. The van der Waals surface area contributed by atoms with Crippen LogP contribution in [-0.2, 0) is 27.4 Å². The quantitative estimate of drug-likeness (QED) is 0.492. The van der Waals surface area contributed by atoms with Crippen LogP contribution in [0.3, 0.4) is 0 Å². The highest BCUT2D eigenvalue weighted by atomic mass is 32.2. The van der Waals surface area contributed by atoms with E-state index in [4.69, 9.17) is 0 Å². The summed E-state index contributed by atoms with van der Waals surface area (Å²) in [7, 11) is -2.28. The standard InChI is InChI=1S/C22H19F3N6O3S/c1-31(35(2,33)34)18-6-4-3-5-13(18)11-26-20-16(22(23,24)25)12-27-21(30-20)28-15-7-8-17-14(9-15)10-19(32)29-17/h3-9,11-12H,10H2,1-2H3,(H,29,32)(H,27,28,30). The van der Waals surface area contributed by atoms with Gasteiger partial charge in [0.2, 0.25) is 21.9 Å². The van der Waals surface area contributed by atoms with Crippen molar-refractivity contribution in [3.05, 3.63) is 65.4 Å². The molecule has 0 saturated carbocycles. The Kier molecular flexibility index (Phi) is 6.19. The minimum Gasteiger partial charge on any atom is -0.326 e. The number of aliphatic imine (C=N–C) groups is 1. The van der Waals surface area contributed by atoms with Crippen molar-refractivity contribution in [3.8, 4) is 0 Å². The Morgan fingerprint density at radius 2 is 1.94 bits per heavy atom. The van der Waals surface area contributed by atoms with Crippen molar-refractivity contribution in [2.45, 2.75) is 12.6 Å². The van der Waals surface area contributed by atoms with Gasteiger partial charge in [-0.3, -0.25) is 9.10 Å². The molecule has 182 valence electrons. The number of amides is 1. The highest BCUT2D eigenvalue weighted by Gasteiger charge is 2.35. The van der Waals surface area contributed by atoms with E-state index in [2.05, 4.69) is 25.6 Å². The largest absolute Gasteiger partial charge is 0.421 e. The van der Waals surface area contributed by atoms with Crippen LogP contribution in [0, 0.1) is 0 Å². The Morgan fingerprint density at radius 3 is 2.66 bits per heavy atom. The first-order valence-corrected chi connectivity index (χ1v) is 12.0. The van der Waals surface area contributed by atoms with Crippen LogP contribution in [0.5, 0.6) is 0 Å². The molecule has 1 amide bonds. The van der Waals surface area contributed by atoms with Crippen LogP contribution in [-0.4, -0.2) is 43.8 Å². The third-order valence-electron chi connectivity index (χ3n) is 5.16. The van der Waals surface area contributed by atoms with Crippen molar-refractivity contribution >= 4 is 51.0 Å². The van der Waals surface area contributed by atoms with Gasteiger partial charge >= 0.3 is 6.18 Å². The number of carbonyl (C=O) groups is 1. The van der Waals surface area contributed by atoms with Crippen molar-refractivity contribution in [3.63, 3.8) is 0 Å². The van der Waals surface area contributed by atoms with E-state index in [0.29, 0.717) is 17.6 Å². The van der Waals surface area contributed by atoms with Crippen LogP contribution in [0.25, 0.3) is 0 Å². The predicted octanol–water partition coefficient (Wildman–Crippen LogP) is 3.88. The van der Waals surface area contributed by atoms with Gasteiger partial charge < -0.3 is 10.6 Å². The first-order chi connectivity index (χ1) is 16.4. The van der Waals surface area contributed by atoms with Gasteiger partial charge in [0.15, 0.2) is 5.82 Å². The Hall–Kier alpha value is -4.00. The van der Waals surface area contributed by atoms with Crippen LogP contribution >= 0.6 is 0 Å². The molecule has 4 rings (SSSR count). The molecule has 0 saturated heterocycles. The Balaban J connectivity index is 1.69. The maximum atomic E-state index is 13.6. The van der Waals surface area contributed by atoms with Gasteiger partial charge in [0.1, 0.15) is 5.56 Å². The molecule has 1 aromatic heterocycles. The Bertz CT molecular complexity index is 1440. The first-order valence-electron chi connectivity index (χ1n) is 10.1. The molecule has 1 aliphatic heterocycles. The van der Waals surface area contributed by atoms with Crippen molar-refractivity contribution in [2.75, 3.05) is 28.2 Å². The van der Waals surface area contributed by atoms with Gasteiger partial charge in [0.05, 0.1) is 18.4 Å². The number of rotatable bonds is 6. The zero-order valence-corrected chi connectivity index (χ0v) is 19.3. The molecule has 35 heavy (non-hydrogen) atoms. The number of nitrogens with zero attached hydrogens (tertiary/aromatic N) is 4. The molecule has 9 nitrogen and oxygen atoms in total. The number of fused-ring (bicyclic) bond motifs is 1. The number of aromatic nitrogens is 2. The number of benzene rings is 2. The van der Waals surface area contributed by atoms with Crippen molar-refractivity contribution in [1.82, 2.24) is 9.97 Å². The summed E-state index contributed by atoms with van der Waals surface area (Å²) in [5.41, 5.74) is 1.24. The normalized spacial score (nSPS) is 13.6. The van der Waals surface area contributed by atoms with Crippen LogP contribution in [0.1, 0.15) is 16.7 Å². The molecule has 0 radical (unpaired) electrons. The number of nitrogens with one attached hydrogen (secondary N) is 2. The lowest BCUT2D eigenvalue weighted by Gasteiger charge is -2.18. The molecule has 0 atom stereocenters. The Labute approximate surface area is 198 Å². The predicted molar refractivity (Wildman–Crippen MR) is 126 cm³/mol. The molecule has 3 aromatic rings. The van der Waals surface area contributed by atoms with E-state index in [1.165, 1.54) is 19.2 Å². The third kappa shape index (κ3) is 5.40. The summed E-state index contributed by atoms with van der Waals surface area (Å²) < 4.78 is 65.6. The van der Waals surface area contributed by atoms with Gasteiger partial charge in [-0.1, -0.05) is 18.2 Å². The number of hydrogen-bond acceptors (Lipinski definition) is 7. The minimum absolute atomic E-state index is 0.135. The monoisotopic (exact) mass is 504 g/mol. The number of sulfonamides is 1. The maximum absolute atomic E-state index is 13.6. The fourth-order valence-corrected chi connectivity index (χ4v) is 3.88. The number of alkyl halides is 3. The summed E-state index contributed by atoms with van der Waals surface area (Å²) in [5.74, 6) is -0.935. The molecule has 0 fully saturated rings. The number of anilines is 4. The van der Waals surface area contributed by atoms with Crippen LogP contribution in [0.4, 0.5) is 42.0 Å². The average Bonchev–Trinajstić information content (AvgIpc) is 3.15. The smallest absolute Gasteiger partial charge is 0.326 e. The fourth-order valence-electron chi connectivity index (χ4n) is 3.36. The van der Waals surface area contributed by atoms with E-state index in [1.807, 2.05) is 0 Å². The molecule has 0 aliphatic carbocycles. The van der Waals surface area contributed by atoms with E-state index in [1.54, 1.807) is 30.3 Å². The number of halogens is 3. The molecular formula is C22H19F3N6O3S. The minimum atomic E-state index is -4.77. The number of hydrogen-bond donors (Lipinski definition) is 2. The molecule has 13 heteroatoms. The van der Waals surface area contributed by atoms with Gasteiger partial charge in [-0.25, -0.2) is 18.4 Å². The van der Waals surface area contributed by atoms with Crippen LogP contribution < -0.4 is 14.9 Å². The van der Waals surface area contributed by atoms with E-state index in [9.17, 15) is 26.4 Å². The lowest BCUT2D eigenvalue weighted by molar-refractivity contribution is -0.137. The lowest BCUT2D eigenvalue weighted by atomic mass is 10.1. The second-order valence-corrected chi connectivity index (χ2v) is 9.71. The molecular weight excluding hydrogens is 485 g/mol. The first kappa shape index (κ1) is 24.1. The summed E-state index contributed by atoms with van der Waals surface area (Å²) >= 11 is 0. The number of para-hydroxylation sites is 1. The van der Waals surface area contributed by atoms with E-state index in [-0.39, 0.29) is 29.5 Å². The second kappa shape index (κ2) is 8.98. The lowest BCUT2D eigenvalue weighted by Crippen LogP contribution is -2.25. The van der Waals surface area contributed by atoms with Crippen molar-refractivity contribution < 1.29 is 26.4 Å². The topological polar surface area (TPSA) is 117 Å². The summed E-state index contributed by atoms with van der Waals surface area (Å²) in [5, 5.41) is 5.52. The van der Waals surface area contributed by atoms with Gasteiger partial charge in [-0.15, -0.1) is 0 Å². The number of carbonyl (C=O) groups excluding carboxylic acids is 1.